The fraction of sp³-hybridized carbons (Fsp3) is 0.303. The second-order valence-electron chi connectivity index (χ2n) is 10.00. The van der Waals surface area contributed by atoms with Crippen LogP contribution in [-0.2, 0) is 17.6 Å². The van der Waals surface area contributed by atoms with E-state index in [1.807, 2.05) is 54.6 Å². The normalized spacial score (nSPS) is 12.8. The summed E-state index contributed by atoms with van der Waals surface area (Å²) in [5, 5.41) is 3.86. The summed E-state index contributed by atoms with van der Waals surface area (Å²) in [6.45, 7) is 2.76. The largest absolute Gasteiger partial charge is 0.496 e. The van der Waals surface area contributed by atoms with E-state index >= 15 is 0 Å². The predicted octanol–water partition coefficient (Wildman–Crippen LogP) is 6.54. The van der Waals surface area contributed by atoms with Gasteiger partial charge in [0.15, 0.2) is 0 Å². The van der Waals surface area contributed by atoms with E-state index in [-0.39, 0.29) is 18.0 Å². The number of methoxy groups -OCH3 is 1. The molecule has 0 aliphatic heterocycles. The fourth-order valence-corrected chi connectivity index (χ4v) is 4.71. The third-order valence-electron chi connectivity index (χ3n) is 7.10. The van der Waals surface area contributed by atoms with Crippen molar-refractivity contribution in [2.45, 2.75) is 51.6 Å². The lowest BCUT2D eigenvalue weighted by Crippen LogP contribution is -2.24. The number of ether oxygens (including phenoxy) is 2. The van der Waals surface area contributed by atoms with Crippen LogP contribution in [0, 0.1) is 0 Å². The van der Waals surface area contributed by atoms with Gasteiger partial charge >= 0.3 is 5.97 Å². The first-order valence-corrected chi connectivity index (χ1v) is 13.7. The Morgan fingerprint density at radius 2 is 1.77 bits per heavy atom. The number of carbonyl (C=O) groups excluding carboxylic acids is 2. The number of hydrogen-bond acceptors (Lipinski definition) is 5. The number of pyridine rings is 1. The maximum absolute atomic E-state index is 13.1. The summed E-state index contributed by atoms with van der Waals surface area (Å²) in [6, 6.07) is 21.7. The molecule has 0 atom stereocenters. The van der Waals surface area contributed by atoms with Crippen molar-refractivity contribution in [2.24, 2.45) is 0 Å². The van der Waals surface area contributed by atoms with Crippen LogP contribution in [0.15, 0.2) is 72.9 Å². The topological polar surface area (TPSA) is 77.5 Å². The standard InChI is InChI=1S/C33H34N2O4/c1-3-4-18-34-32(36)24-13-11-23(12-14-24)27-19-28-26(17-10-22-8-6-5-7-9-22)29(33(37)39-25-15-16-25)21-35-30(28)20-31(27)38-2/h5-9,11-14,19-21,25H,3-4,10,15-18H2,1-2H3,(H,34,36). The molecule has 200 valence electrons. The molecule has 39 heavy (non-hydrogen) atoms. The van der Waals surface area contributed by atoms with Crippen LogP contribution in [0.3, 0.4) is 0 Å². The molecule has 4 aromatic rings. The molecule has 1 saturated carbocycles. The minimum absolute atomic E-state index is 0.0132. The van der Waals surface area contributed by atoms with Gasteiger partial charge in [0.25, 0.3) is 5.91 Å². The molecule has 1 aliphatic carbocycles. The van der Waals surface area contributed by atoms with Crippen LogP contribution < -0.4 is 10.1 Å². The van der Waals surface area contributed by atoms with E-state index < -0.39 is 0 Å². The average Bonchev–Trinajstić information content (AvgIpc) is 3.79. The quantitative estimate of drug-likeness (QED) is 0.179. The first kappa shape index (κ1) is 26.4. The van der Waals surface area contributed by atoms with Crippen LogP contribution in [-0.4, -0.2) is 36.6 Å². The Hall–Kier alpha value is -4.19. The first-order chi connectivity index (χ1) is 19.1. The molecule has 6 nitrogen and oxygen atoms in total. The number of unbranched alkanes of at least 4 members (excludes halogenated alkanes) is 1. The summed E-state index contributed by atoms with van der Waals surface area (Å²) in [4.78, 5) is 30.2. The maximum Gasteiger partial charge on any atom is 0.340 e. The van der Waals surface area contributed by atoms with Crippen molar-refractivity contribution >= 4 is 22.8 Å². The maximum atomic E-state index is 13.1. The number of benzene rings is 3. The molecule has 6 heteroatoms. The predicted molar refractivity (Wildman–Crippen MR) is 153 cm³/mol. The minimum Gasteiger partial charge on any atom is -0.496 e. The summed E-state index contributed by atoms with van der Waals surface area (Å²) in [7, 11) is 1.64. The highest BCUT2D eigenvalue weighted by molar-refractivity contribution is 6.00. The van der Waals surface area contributed by atoms with Gasteiger partial charge in [0.1, 0.15) is 11.9 Å². The van der Waals surface area contributed by atoms with Crippen LogP contribution in [0.2, 0.25) is 0 Å². The van der Waals surface area contributed by atoms with Gasteiger partial charge in [-0.3, -0.25) is 9.78 Å². The van der Waals surface area contributed by atoms with Crippen molar-refractivity contribution in [2.75, 3.05) is 13.7 Å². The molecular weight excluding hydrogens is 488 g/mol. The van der Waals surface area contributed by atoms with Gasteiger partial charge in [-0.2, -0.15) is 0 Å². The van der Waals surface area contributed by atoms with E-state index in [9.17, 15) is 9.59 Å². The molecule has 1 heterocycles. The molecule has 1 N–H and O–H groups in total. The molecule has 1 fully saturated rings. The van der Waals surface area contributed by atoms with Gasteiger partial charge in [0, 0.05) is 35.3 Å². The van der Waals surface area contributed by atoms with Crippen molar-refractivity contribution in [1.29, 1.82) is 0 Å². The van der Waals surface area contributed by atoms with Crippen LogP contribution in [0.25, 0.3) is 22.0 Å². The van der Waals surface area contributed by atoms with Crippen molar-refractivity contribution in [1.82, 2.24) is 10.3 Å². The molecule has 0 saturated heterocycles. The van der Waals surface area contributed by atoms with Gasteiger partial charge in [-0.25, -0.2) is 4.79 Å². The first-order valence-electron chi connectivity index (χ1n) is 13.7. The molecule has 0 bridgehead atoms. The summed E-state index contributed by atoms with van der Waals surface area (Å²) in [5.74, 6) is 0.287. The van der Waals surface area contributed by atoms with Crippen LogP contribution in [0.5, 0.6) is 5.75 Å². The molecule has 0 radical (unpaired) electrons. The SMILES string of the molecule is CCCCNC(=O)c1ccc(-c2cc3c(CCc4ccccc4)c(C(=O)OC4CC4)cnc3cc2OC)cc1. The Bertz CT molecular complexity index is 1460. The fourth-order valence-electron chi connectivity index (χ4n) is 4.71. The molecule has 0 spiro atoms. The highest BCUT2D eigenvalue weighted by atomic mass is 16.5. The van der Waals surface area contributed by atoms with Crippen molar-refractivity contribution in [3.05, 3.63) is 95.2 Å². The average molecular weight is 523 g/mol. The zero-order valence-electron chi connectivity index (χ0n) is 22.5. The molecule has 1 aliphatic rings. The monoisotopic (exact) mass is 522 g/mol. The zero-order valence-corrected chi connectivity index (χ0v) is 22.5. The highest BCUT2D eigenvalue weighted by Gasteiger charge is 2.28. The van der Waals surface area contributed by atoms with E-state index in [0.29, 0.717) is 29.8 Å². The van der Waals surface area contributed by atoms with Gasteiger partial charge in [-0.1, -0.05) is 55.8 Å². The Morgan fingerprint density at radius 1 is 1.00 bits per heavy atom. The molecule has 3 aromatic carbocycles. The Balaban J connectivity index is 1.53. The molecule has 1 amide bonds. The number of hydrogen-bond donors (Lipinski definition) is 1. The van der Waals surface area contributed by atoms with Gasteiger partial charge in [0.05, 0.1) is 18.2 Å². The van der Waals surface area contributed by atoms with E-state index in [2.05, 4.69) is 29.4 Å². The second-order valence-corrected chi connectivity index (χ2v) is 10.00. The van der Waals surface area contributed by atoms with Gasteiger partial charge < -0.3 is 14.8 Å². The highest BCUT2D eigenvalue weighted by Crippen LogP contribution is 2.36. The van der Waals surface area contributed by atoms with Crippen molar-refractivity contribution < 1.29 is 19.1 Å². The number of rotatable bonds is 11. The number of aryl methyl sites for hydroxylation is 2. The summed E-state index contributed by atoms with van der Waals surface area (Å²) >= 11 is 0. The van der Waals surface area contributed by atoms with Gasteiger partial charge in [0.2, 0.25) is 0 Å². The summed E-state index contributed by atoms with van der Waals surface area (Å²) in [5.41, 5.74) is 5.80. The Morgan fingerprint density at radius 3 is 2.46 bits per heavy atom. The number of carbonyl (C=O) groups is 2. The van der Waals surface area contributed by atoms with E-state index in [1.54, 1.807) is 13.3 Å². The lowest BCUT2D eigenvalue weighted by molar-refractivity contribution is 0.0470. The molecule has 1 aromatic heterocycles. The van der Waals surface area contributed by atoms with Crippen LogP contribution in [0.1, 0.15) is 64.4 Å². The smallest absolute Gasteiger partial charge is 0.340 e. The zero-order chi connectivity index (χ0) is 27.2. The molecule has 5 rings (SSSR count). The molecular formula is C33H34N2O4. The number of nitrogens with zero attached hydrogens (tertiary/aromatic N) is 1. The lowest BCUT2D eigenvalue weighted by Gasteiger charge is -2.16. The second kappa shape index (κ2) is 12.1. The van der Waals surface area contributed by atoms with E-state index in [4.69, 9.17) is 9.47 Å². The third-order valence-corrected chi connectivity index (χ3v) is 7.10. The number of aromatic nitrogens is 1. The van der Waals surface area contributed by atoms with Crippen LogP contribution >= 0.6 is 0 Å². The summed E-state index contributed by atoms with van der Waals surface area (Å²) < 4.78 is 11.4. The minimum atomic E-state index is -0.314. The number of amides is 1. The van der Waals surface area contributed by atoms with Crippen molar-refractivity contribution in [3.8, 4) is 16.9 Å². The molecule has 0 unspecified atom stereocenters. The lowest BCUT2D eigenvalue weighted by atomic mass is 9.93. The Kier molecular flexibility index (Phi) is 8.21. The Labute approximate surface area is 229 Å². The van der Waals surface area contributed by atoms with E-state index in [0.717, 1.165) is 59.7 Å². The van der Waals surface area contributed by atoms with Crippen molar-refractivity contribution in [3.63, 3.8) is 0 Å². The van der Waals surface area contributed by atoms with Gasteiger partial charge in [-0.05, 0) is 67.0 Å². The number of esters is 1. The number of fused-ring (bicyclic) bond motifs is 1. The van der Waals surface area contributed by atoms with Crippen LogP contribution in [0.4, 0.5) is 0 Å². The van der Waals surface area contributed by atoms with E-state index in [1.165, 1.54) is 5.56 Å². The number of nitrogens with one attached hydrogen (secondary N) is 1. The third kappa shape index (κ3) is 6.28. The van der Waals surface area contributed by atoms with Gasteiger partial charge in [-0.15, -0.1) is 0 Å². The summed E-state index contributed by atoms with van der Waals surface area (Å²) in [6.07, 6.45) is 6.92.